The van der Waals surface area contributed by atoms with Gasteiger partial charge < -0.3 is 13.9 Å². The molecule has 3 heterocycles. The standard InChI is InChI=1S/C54H42N4O.Pt/c1-37-16-13-27-49-52(37)57(53-44(39-17-7-5-8-18-39)24-15-25-45(53)40-19-9-6-10-20-40)36-56(49)41-21-14-22-42(33-41)59-43-28-29-47-46-23-11-12-26-48(46)58(50(47)34-43)51-32-38(30-31-55-51)35-54(2,3)4;/h5-32H,35H2,1-4H3;/q-2;/i5D,6D,7D,8D,9D,10D,17D,18D,19D,20D;. The van der Waals surface area contributed by atoms with Crippen LogP contribution < -0.4 is 9.30 Å². The fraction of sp³-hybridized carbons (Fsp3) is 0.111. The van der Waals surface area contributed by atoms with Gasteiger partial charge in [-0.25, -0.2) is 4.98 Å². The van der Waals surface area contributed by atoms with E-state index in [4.69, 9.17) is 23.4 Å². The molecule has 7 aromatic carbocycles. The van der Waals surface area contributed by atoms with Crippen molar-refractivity contribution in [3.63, 3.8) is 0 Å². The predicted molar refractivity (Wildman–Crippen MR) is 239 cm³/mol. The van der Waals surface area contributed by atoms with Crippen molar-refractivity contribution in [3.8, 4) is 50.9 Å². The van der Waals surface area contributed by atoms with Crippen molar-refractivity contribution in [1.82, 2.24) is 14.1 Å². The molecule has 0 spiro atoms. The zero-order chi connectivity index (χ0) is 48.8. The number of aryl methyl sites for hydroxylation is 1. The first-order chi connectivity index (χ1) is 32.9. The first-order valence-corrected chi connectivity index (χ1v) is 19.3. The molecule has 10 rings (SSSR count). The summed E-state index contributed by atoms with van der Waals surface area (Å²) in [5, 5.41) is 2.03. The maximum atomic E-state index is 9.03. The van der Waals surface area contributed by atoms with Gasteiger partial charge in [0.05, 0.1) is 30.4 Å². The Kier molecular flexibility index (Phi) is 7.63. The molecule has 0 unspecified atom stereocenters. The Hall–Kier alpha value is -6.55. The van der Waals surface area contributed by atoms with E-state index in [1.807, 2.05) is 67.7 Å². The zero-order valence-electron chi connectivity index (χ0n) is 43.1. The van der Waals surface area contributed by atoms with E-state index in [0.29, 0.717) is 28.2 Å². The second-order valence-corrected chi connectivity index (χ2v) is 15.6. The maximum Gasteiger partial charge on any atom is 0.268 e. The van der Waals surface area contributed by atoms with Crippen LogP contribution in [0.1, 0.15) is 45.6 Å². The number of hydrogen-bond acceptors (Lipinski definition) is 2. The molecule has 0 aliphatic heterocycles. The van der Waals surface area contributed by atoms with Gasteiger partial charge in [0.2, 0.25) is 0 Å². The summed E-state index contributed by atoms with van der Waals surface area (Å²) in [5.74, 6) is 1.57. The first-order valence-electron chi connectivity index (χ1n) is 24.3. The van der Waals surface area contributed by atoms with Gasteiger partial charge in [-0.3, -0.25) is 4.57 Å². The molecule has 0 atom stereocenters. The van der Waals surface area contributed by atoms with E-state index in [1.165, 1.54) is 5.56 Å². The summed E-state index contributed by atoms with van der Waals surface area (Å²) >= 11 is 0. The van der Waals surface area contributed by atoms with Crippen LogP contribution >= 0.6 is 0 Å². The first kappa shape index (κ1) is 28.8. The summed E-state index contributed by atoms with van der Waals surface area (Å²) < 4.78 is 99.2. The monoisotopic (exact) mass is 967 g/mol. The summed E-state index contributed by atoms with van der Waals surface area (Å²) in [6.07, 6.45) is 6.16. The fourth-order valence-electron chi connectivity index (χ4n) is 7.84. The number of pyridine rings is 1. The molecule has 0 aliphatic carbocycles. The Morgan fingerprint density at radius 1 is 0.700 bits per heavy atom. The van der Waals surface area contributed by atoms with Crippen LogP contribution in [0.15, 0.2) is 170 Å². The molecule has 3 aromatic heterocycles. The van der Waals surface area contributed by atoms with Gasteiger partial charge in [0, 0.05) is 44.3 Å². The van der Waals surface area contributed by atoms with E-state index in [1.54, 1.807) is 33.4 Å². The van der Waals surface area contributed by atoms with Crippen LogP contribution in [0.3, 0.4) is 0 Å². The number of rotatable bonds is 8. The third kappa shape index (κ3) is 7.24. The Morgan fingerprint density at radius 3 is 2.10 bits per heavy atom. The van der Waals surface area contributed by atoms with Crippen LogP contribution in [0.5, 0.6) is 11.5 Å². The number of para-hydroxylation sites is 3. The van der Waals surface area contributed by atoms with E-state index in [-0.39, 0.29) is 54.4 Å². The van der Waals surface area contributed by atoms with Crippen molar-refractivity contribution in [2.24, 2.45) is 5.41 Å². The molecule has 60 heavy (non-hydrogen) atoms. The number of imidazole rings is 1. The Balaban J connectivity index is 0.00000608. The molecule has 296 valence electrons. The van der Waals surface area contributed by atoms with Gasteiger partial charge in [-0.15, -0.1) is 29.7 Å². The average molecular weight is 968 g/mol. The molecule has 6 heteroatoms. The Morgan fingerprint density at radius 2 is 1.37 bits per heavy atom. The smallest absolute Gasteiger partial charge is 0.268 e. The molecule has 0 radical (unpaired) electrons. The number of benzene rings is 7. The second kappa shape index (κ2) is 15.9. The molecule has 0 fully saturated rings. The second-order valence-electron chi connectivity index (χ2n) is 15.6. The molecular weight excluding hydrogens is 916 g/mol. The minimum Gasteiger partial charge on any atom is -0.510 e. The van der Waals surface area contributed by atoms with E-state index in [2.05, 4.69) is 68.1 Å². The molecule has 0 bridgehead atoms. The van der Waals surface area contributed by atoms with E-state index in [9.17, 15) is 0 Å². The van der Waals surface area contributed by atoms with E-state index < -0.39 is 60.4 Å². The van der Waals surface area contributed by atoms with Gasteiger partial charge in [0.15, 0.2) is 0 Å². The summed E-state index contributed by atoms with van der Waals surface area (Å²) in [6.45, 7) is 8.53. The third-order valence-electron chi connectivity index (χ3n) is 10.2. The molecule has 0 amide bonds. The zero-order valence-corrected chi connectivity index (χ0v) is 35.4. The number of hydrogen-bond donors (Lipinski definition) is 0. The van der Waals surface area contributed by atoms with Gasteiger partial charge in [-0.2, -0.15) is 18.2 Å². The number of nitrogens with zero attached hydrogens (tertiary/aromatic N) is 4. The molecule has 0 aliphatic rings. The minimum atomic E-state index is -0.570. The molecular formula is C54H42N4OPt-2. The van der Waals surface area contributed by atoms with Gasteiger partial charge in [0.25, 0.3) is 6.33 Å². The third-order valence-corrected chi connectivity index (χ3v) is 10.2. The Bertz CT molecular complexity index is 3620. The normalized spacial score (nSPS) is 13.9. The summed E-state index contributed by atoms with van der Waals surface area (Å²) in [6, 6.07) is 33.8. The number of fused-ring (bicyclic) bond motifs is 4. The van der Waals surface area contributed by atoms with Crippen LogP contribution in [0.2, 0.25) is 0 Å². The van der Waals surface area contributed by atoms with Gasteiger partial charge in [-0.05, 0) is 81.4 Å². The van der Waals surface area contributed by atoms with Crippen LogP contribution in [-0.4, -0.2) is 14.1 Å². The van der Waals surface area contributed by atoms with Crippen molar-refractivity contribution in [2.75, 3.05) is 0 Å². The SMILES string of the molecule is [2H]c1c([2H])c([2H])c(-c2cccc(-c3c([2H])c([2H])c([2H])c([2H])c3[2H])c2-[n+]2[c-]n(-c3[c-]c(Oc4[c-]c5c(cc4)c4ccccc4n5-c4cc(CC(C)(C)C)ccn4)ccc3)c3cccc(C)c32)c([2H])c1[2H].[Pt]. The van der Waals surface area contributed by atoms with Crippen molar-refractivity contribution in [1.29, 1.82) is 0 Å². The summed E-state index contributed by atoms with van der Waals surface area (Å²) in [4.78, 5) is 4.81. The molecule has 0 saturated carbocycles. The van der Waals surface area contributed by atoms with Crippen LogP contribution in [0.25, 0.3) is 72.3 Å². The number of aromatic nitrogens is 4. The van der Waals surface area contributed by atoms with E-state index >= 15 is 0 Å². The van der Waals surface area contributed by atoms with Crippen molar-refractivity contribution < 1.29 is 44.1 Å². The van der Waals surface area contributed by atoms with Crippen molar-refractivity contribution in [2.45, 2.75) is 34.1 Å². The largest absolute Gasteiger partial charge is 0.510 e. The van der Waals surface area contributed by atoms with Gasteiger partial charge in [0.1, 0.15) is 5.82 Å². The van der Waals surface area contributed by atoms with Crippen molar-refractivity contribution >= 4 is 32.8 Å². The minimum absolute atomic E-state index is 0. The van der Waals surface area contributed by atoms with Gasteiger partial charge in [-0.1, -0.05) is 141 Å². The summed E-state index contributed by atoms with van der Waals surface area (Å²) in [7, 11) is 0. The summed E-state index contributed by atoms with van der Waals surface area (Å²) in [5.41, 5.74) is 5.71. The van der Waals surface area contributed by atoms with E-state index in [0.717, 1.165) is 39.6 Å². The molecule has 10 aromatic rings. The van der Waals surface area contributed by atoms with Crippen LogP contribution in [0, 0.1) is 30.8 Å². The quantitative estimate of drug-likeness (QED) is 0.112. The Labute approximate surface area is 379 Å². The number of ether oxygens (including phenoxy) is 1. The molecule has 5 nitrogen and oxygen atoms in total. The van der Waals surface area contributed by atoms with Crippen molar-refractivity contribution in [3.05, 3.63) is 199 Å². The van der Waals surface area contributed by atoms with Crippen LogP contribution in [0.4, 0.5) is 0 Å². The van der Waals surface area contributed by atoms with Gasteiger partial charge >= 0.3 is 0 Å². The molecule has 0 saturated heterocycles. The molecule has 0 N–H and O–H groups in total. The van der Waals surface area contributed by atoms with Crippen LogP contribution in [-0.2, 0) is 27.5 Å². The average Bonchev–Trinajstić information content (AvgIpc) is 3.88. The maximum absolute atomic E-state index is 9.03. The fourth-order valence-corrected chi connectivity index (χ4v) is 7.84. The topological polar surface area (TPSA) is 35.9 Å². The predicted octanol–water partition coefficient (Wildman–Crippen LogP) is 12.8.